The number of anilines is 2. The highest BCUT2D eigenvalue weighted by molar-refractivity contribution is 5.80. The number of aromatic nitrogens is 2. The summed E-state index contributed by atoms with van der Waals surface area (Å²) in [5, 5.41) is 5.76. The van der Waals surface area contributed by atoms with Gasteiger partial charge in [0.1, 0.15) is 17.5 Å². The van der Waals surface area contributed by atoms with E-state index in [4.69, 9.17) is 0 Å². The first-order valence-electron chi connectivity index (χ1n) is 6.14. The number of aryl methyl sites for hydroxylation is 1. The van der Waals surface area contributed by atoms with E-state index in [1.165, 1.54) is 0 Å². The van der Waals surface area contributed by atoms with Gasteiger partial charge >= 0.3 is 0 Å². The van der Waals surface area contributed by atoms with E-state index < -0.39 is 0 Å². The molecule has 1 aromatic rings. The van der Waals surface area contributed by atoms with E-state index in [0.717, 1.165) is 30.4 Å². The summed E-state index contributed by atoms with van der Waals surface area (Å²) in [6.45, 7) is 5.11. The number of carbonyl (C=O) groups excluding carboxylic acids is 1. The van der Waals surface area contributed by atoms with Gasteiger partial charge in [-0.2, -0.15) is 0 Å². The number of hydrogen-bond donors (Lipinski definition) is 2. The van der Waals surface area contributed by atoms with Crippen LogP contribution in [0.3, 0.4) is 0 Å². The van der Waals surface area contributed by atoms with E-state index in [-0.39, 0.29) is 12.5 Å². The molecule has 1 aromatic heterocycles. The molecule has 0 fully saturated rings. The first-order chi connectivity index (χ1) is 8.60. The first-order valence-corrected chi connectivity index (χ1v) is 6.14. The van der Waals surface area contributed by atoms with Crippen molar-refractivity contribution < 1.29 is 4.79 Å². The number of rotatable bonds is 6. The lowest BCUT2D eigenvalue weighted by Crippen LogP contribution is -2.33. The van der Waals surface area contributed by atoms with Crippen molar-refractivity contribution in [2.75, 3.05) is 37.4 Å². The van der Waals surface area contributed by atoms with Crippen LogP contribution >= 0.6 is 0 Å². The molecule has 0 unspecified atom stereocenters. The Balaban J connectivity index is 2.92. The molecule has 0 aliphatic carbocycles. The van der Waals surface area contributed by atoms with Gasteiger partial charge in [-0.25, -0.2) is 9.97 Å². The van der Waals surface area contributed by atoms with Crippen LogP contribution in [-0.2, 0) is 11.2 Å². The van der Waals surface area contributed by atoms with Gasteiger partial charge in [0.2, 0.25) is 5.91 Å². The number of nitrogens with one attached hydrogen (secondary N) is 2. The fraction of sp³-hybridized carbons (Fsp3) is 0.583. The topological polar surface area (TPSA) is 70.2 Å². The molecule has 0 atom stereocenters. The van der Waals surface area contributed by atoms with E-state index in [2.05, 4.69) is 20.6 Å². The second-order valence-corrected chi connectivity index (χ2v) is 3.94. The second-order valence-electron chi connectivity index (χ2n) is 3.94. The number of hydrogen-bond acceptors (Lipinski definition) is 5. The van der Waals surface area contributed by atoms with Crippen LogP contribution in [0.15, 0.2) is 6.07 Å². The summed E-state index contributed by atoms with van der Waals surface area (Å²) in [4.78, 5) is 21.9. The second kappa shape index (κ2) is 6.78. The van der Waals surface area contributed by atoms with Crippen LogP contribution in [0.1, 0.15) is 19.7 Å². The molecule has 0 saturated heterocycles. The quantitative estimate of drug-likeness (QED) is 0.777. The Morgan fingerprint density at radius 3 is 2.67 bits per heavy atom. The highest BCUT2D eigenvalue weighted by Crippen LogP contribution is 2.14. The standard InChI is InChI=1S/C12H21N5O/c1-5-9-15-10(14-6-2)7-11(16-9)17(4)8-12(18)13-3/h7H,5-6,8H2,1-4H3,(H,13,18)(H,14,15,16). The Hall–Kier alpha value is -1.85. The van der Waals surface area contributed by atoms with Crippen LogP contribution < -0.4 is 15.5 Å². The van der Waals surface area contributed by atoms with Gasteiger partial charge in [-0.1, -0.05) is 6.92 Å². The Morgan fingerprint density at radius 2 is 2.11 bits per heavy atom. The van der Waals surface area contributed by atoms with E-state index in [0.29, 0.717) is 0 Å². The first kappa shape index (κ1) is 14.2. The largest absolute Gasteiger partial charge is 0.370 e. The molecule has 6 heteroatoms. The van der Waals surface area contributed by atoms with Gasteiger partial charge in [0.25, 0.3) is 0 Å². The number of nitrogens with zero attached hydrogens (tertiary/aromatic N) is 3. The van der Waals surface area contributed by atoms with Gasteiger partial charge < -0.3 is 15.5 Å². The molecule has 0 bridgehead atoms. The maximum Gasteiger partial charge on any atom is 0.239 e. The molecule has 1 rings (SSSR count). The van der Waals surface area contributed by atoms with E-state index >= 15 is 0 Å². The average Bonchev–Trinajstić information content (AvgIpc) is 2.38. The summed E-state index contributed by atoms with van der Waals surface area (Å²) >= 11 is 0. The van der Waals surface area contributed by atoms with Crippen molar-refractivity contribution in [2.24, 2.45) is 0 Å². The summed E-state index contributed by atoms with van der Waals surface area (Å²) in [5.41, 5.74) is 0. The zero-order valence-electron chi connectivity index (χ0n) is 11.4. The molecule has 2 N–H and O–H groups in total. The van der Waals surface area contributed by atoms with Gasteiger partial charge in [-0.3, -0.25) is 4.79 Å². The van der Waals surface area contributed by atoms with Crippen molar-refractivity contribution in [3.05, 3.63) is 11.9 Å². The SMILES string of the molecule is CCNc1cc(N(C)CC(=O)NC)nc(CC)n1. The zero-order valence-corrected chi connectivity index (χ0v) is 11.4. The number of amides is 1. The molecule has 0 aromatic carbocycles. The molecule has 0 aliphatic heterocycles. The molecule has 0 radical (unpaired) electrons. The van der Waals surface area contributed by atoms with Crippen molar-refractivity contribution >= 4 is 17.5 Å². The van der Waals surface area contributed by atoms with Crippen LogP contribution in [0.2, 0.25) is 0 Å². The monoisotopic (exact) mass is 251 g/mol. The van der Waals surface area contributed by atoms with E-state index in [9.17, 15) is 4.79 Å². The zero-order chi connectivity index (χ0) is 13.5. The number of likely N-dealkylation sites (N-methyl/N-ethyl adjacent to an activating group) is 2. The molecule has 1 heterocycles. The lowest BCUT2D eigenvalue weighted by atomic mass is 10.4. The average molecular weight is 251 g/mol. The molecule has 0 saturated carbocycles. The maximum absolute atomic E-state index is 11.3. The third kappa shape index (κ3) is 3.87. The minimum absolute atomic E-state index is 0.0424. The summed E-state index contributed by atoms with van der Waals surface area (Å²) < 4.78 is 0. The highest BCUT2D eigenvalue weighted by atomic mass is 16.1. The lowest BCUT2D eigenvalue weighted by molar-refractivity contribution is -0.119. The van der Waals surface area contributed by atoms with Crippen molar-refractivity contribution in [3.8, 4) is 0 Å². The highest BCUT2D eigenvalue weighted by Gasteiger charge is 2.10. The number of carbonyl (C=O) groups is 1. The summed E-state index contributed by atoms with van der Waals surface area (Å²) in [6.07, 6.45) is 0.764. The minimum Gasteiger partial charge on any atom is -0.370 e. The van der Waals surface area contributed by atoms with E-state index in [1.54, 1.807) is 11.9 Å². The van der Waals surface area contributed by atoms with Crippen LogP contribution in [0.25, 0.3) is 0 Å². The van der Waals surface area contributed by atoms with Crippen LogP contribution in [0.5, 0.6) is 0 Å². The van der Waals surface area contributed by atoms with Gasteiger partial charge in [0.05, 0.1) is 6.54 Å². The maximum atomic E-state index is 11.3. The van der Waals surface area contributed by atoms with Crippen molar-refractivity contribution in [1.82, 2.24) is 15.3 Å². The predicted octanol–water partition coefficient (Wildman–Crippen LogP) is 0.653. The molecular weight excluding hydrogens is 230 g/mol. The third-order valence-electron chi connectivity index (χ3n) is 2.48. The van der Waals surface area contributed by atoms with Crippen molar-refractivity contribution in [2.45, 2.75) is 20.3 Å². The van der Waals surface area contributed by atoms with Gasteiger partial charge in [0, 0.05) is 33.1 Å². The van der Waals surface area contributed by atoms with Crippen LogP contribution in [0.4, 0.5) is 11.6 Å². The third-order valence-corrected chi connectivity index (χ3v) is 2.48. The van der Waals surface area contributed by atoms with Crippen molar-refractivity contribution in [1.29, 1.82) is 0 Å². The fourth-order valence-electron chi connectivity index (χ4n) is 1.48. The normalized spacial score (nSPS) is 10.0. The molecule has 1 amide bonds. The summed E-state index contributed by atoms with van der Waals surface area (Å²) in [7, 11) is 3.46. The molecule has 0 spiro atoms. The summed E-state index contributed by atoms with van der Waals surface area (Å²) in [6, 6.07) is 1.85. The Labute approximate surface area is 108 Å². The summed E-state index contributed by atoms with van der Waals surface area (Å²) in [5.74, 6) is 2.27. The van der Waals surface area contributed by atoms with Gasteiger partial charge in [0.15, 0.2) is 0 Å². The predicted molar refractivity (Wildman–Crippen MR) is 72.9 cm³/mol. The Kier molecular flexibility index (Phi) is 5.35. The van der Waals surface area contributed by atoms with Crippen LogP contribution in [0, 0.1) is 0 Å². The lowest BCUT2D eigenvalue weighted by Gasteiger charge is -2.18. The molecule has 18 heavy (non-hydrogen) atoms. The Morgan fingerprint density at radius 1 is 1.39 bits per heavy atom. The molecule has 100 valence electrons. The van der Waals surface area contributed by atoms with Gasteiger partial charge in [-0.15, -0.1) is 0 Å². The van der Waals surface area contributed by atoms with E-state index in [1.807, 2.05) is 27.0 Å². The Bertz CT molecular complexity index is 407. The minimum atomic E-state index is -0.0424. The fourth-order valence-corrected chi connectivity index (χ4v) is 1.48. The van der Waals surface area contributed by atoms with Gasteiger partial charge in [-0.05, 0) is 6.92 Å². The van der Waals surface area contributed by atoms with Crippen molar-refractivity contribution in [3.63, 3.8) is 0 Å². The molecule has 6 nitrogen and oxygen atoms in total. The molecular formula is C12H21N5O. The molecule has 0 aliphatic rings. The van der Waals surface area contributed by atoms with Crippen LogP contribution in [-0.4, -0.2) is 43.1 Å². The smallest absolute Gasteiger partial charge is 0.239 e.